The van der Waals surface area contributed by atoms with E-state index in [1.165, 1.54) is 0 Å². The molecule has 1 N–H and O–H groups in total. The maximum atomic E-state index is 10.7. The minimum absolute atomic E-state index is 0.375. The fourth-order valence-corrected chi connectivity index (χ4v) is 1.92. The van der Waals surface area contributed by atoms with Gasteiger partial charge < -0.3 is 14.6 Å². The molecule has 0 radical (unpaired) electrons. The average Bonchev–Trinajstić information content (AvgIpc) is 2.70. The van der Waals surface area contributed by atoms with Crippen LogP contribution >= 0.6 is 0 Å². The normalized spacial score (nSPS) is 22.8. The Hall–Kier alpha value is -1.29. The first-order valence-corrected chi connectivity index (χ1v) is 4.76. The first-order valence-electron chi connectivity index (χ1n) is 4.76. The summed E-state index contributed by atoms with van der Waals surface area (Å²) in [5, 5.41) is 8.77. The van der Waals surface area contributed by atoms with Crippen molar-refractivity contribution in [2.75, 3.05) is 20.1 Å². The average molecular weight is 194 g/mol. The molecule has 1 atom stereocenters. The van der Waals surface area contributed by atoms with E-state index in [4.69, 9.17) is 5.11 Å². The van der Waals surface area contributed by atoms with Gasteiger partial charge in [-0.3, -0.25) is 0 Å². The van der Waals surface area contributed by atoms with Crippen LogP contribution in [-0.2, 0) is 0 Å². The summed E-state index contributed by atoms with van der Waals surface area (Å²) in [6.45, 7) is 2.10. The van der Waals surface area contributed by atoms with E-state index in [1.54, 1.807) is 12.3 Å². The fraction of sp³-hybridized carbons (Fsp3) is 0.500. The number of aromatic carboxylic acids is 1. The molecule has 76 valence electrons. The van der Waals surface area contributed by atoms with Gasteiger partial charge in [-0.15, -0.1) is 0 Å². The molecule has 14 heavy (non-hydrogen) atoms. The number of likely N-dealkylation sites (N-methyl/N-ethyl adjacent to an activating group) is 1. The fourth-order valence-electron chi connectivity index (χ4n) is 1.92. The van der Waals surface area contributed by atoms with E-state index in [1.807, 2.05) is 10.8 Å². The standard InChI is InChI=1S/C10H14N2O2/c1-11-4-3-9(7-11)12-5-2-8(6-12)10(13)14/h2,5-6,9H,3-4,7H2,1H3,(H,13,14). The molecule has 0 amide bonds. The van der Waals surface area contributed by atoms with E-state index in [0.29, 0.717) is 11.6 Å². The third-order valence-corrected chi connectivity index (χ3v) is 2.75. The third kappa shape index (κ3) is 1.65. The molecule has 1 aliphatic rings. The lowest BCUT2D eigenvalue weighted by Gasteiger charge is -2.11. The van der Waals surface area contributed by atoms with E-state index in [9.17, 15) is 4.79 Å². The Kier molecular flexibility index (Phi) is 2.29. The van der Waals surface area contributed by atoms with Crippen LogP contribution in [0.15, 0.2) is 18.5 Å². The number of rotatable bonds is 2. The summed E-state index contributed by atoms with van der Waals surface area (Å²) in [6.07, 6.45) is 4.67. The second kappa shape index (κ2) is 3.46. The first-order chi connectivity index (χ1) is 6.66. The van der Waals surface area contributed by atoms with Crippen molar-refractivity contribution in [1.82, 2.24) is 9.47 Å². The lowest BCUT2D eigenvalue weighted by atomic mass is 10.2. The molecule has 0 aliphatic carbocycles. The van der Waals surface area contributed by atoms with Gasteiger partial charge in [-0.1, -0.05) is 0 Å². The zero-order chi connectivity index (χ0) is 10.1. The van der Waals surface area contributed by atoms with Crippen LogP contribution in [0.25, 0.3) is 0 Å². The Balaban J connectivity index is 2.13. The van der Waals surface area contributed by atoms with Gasteiger partial charge in [-0.25, -0.2) is 4.79 Å². The van der Waals surface area contributed by atoms with E-state index in [0.717, 1.165) is 19.5 Å². The summed E-state index contributed by atoms with van der Waals surface area (Å²) in [5.41, 5.74) is 0.375. The molecule has 1 unspecified atom stereocenters. The molecule has 0 spiro atoms. The molecule has 0 bridgehead atoms. The van der Waals surface area contributed by atoms with Crippen LogP contribution in [0.5, 0.6) is 0 Å². The van der Waals surface area contributed by atoms with Gasteiger partial charge in [-0.05, 0) is 26.1 Å². The number of hydrogen-bond acceptors (Lipinski definition) is 2. The summed E-state index contributed by atoms with van der Waals surface area (Å²) in [6, 6.07) is 2.09. The Bertz CT molecular complexity index is 346. The van der Waals surface area contributed by atoms with E-state index in [2.05, 4.69) is 11.9 Å². The Labute approximate surface area is 82.7 Å². The molecule has 0 saturated carbocycles. The van der Waals surface area contributed by atoms with Gasteiger partial charge in [0.25, 0.3) is 0 Å². The predicted octanol–water partition coefficient (Wildman–Crippen LogP) is 1.06. The quantitative estimate of drug-likeness (QED) is 0.765. The second-order valence-corrected chi connectivity index (χ2v) is 3.86. The molecule has 1 aliphatic heterocycles. The van der Waals surface area contributed by atoms with Crippen molar-refractivity contribution in [2.24, 2.45) is 0 Å². The highest BCUT2D eigenvalue weighted by Crippen LogP contribution is 2.20. The lowest BCUT2D eigenvalue weighted by Crippen LogP contribution is -2.15. The van der Waals surface area contributed by atoms with Gasteiger partial charge in [0.1, 0.15) is 0 Å². The topological polar surface area (TPSA) is 45.5 Å². The van der Waals surface area contributed by atoms with Crippen molar-refractivity contribution >= 4 is 5.97 Å². The van der Waals surface area contributed by atoms with Crippen molar-refractivity contribution in [3.8, 4) is 0 Å². The Morgan fingerprint density at radius 1 is 1.64 bits per heavy atom. The number of aromatic nitrogens is 1. The number of carboxylic acids is 1. The molecule has 4 heteroatoms. The van der Waals surface area contributed by atoms with Gasteiger partial charge in [0.05, 0.1) is 5.56 Å². The molecule has 2 heterocycles. The van der Waals surface area contributed by atoms with E-state index >= 15 is 0 Å². The number of carbonyl (C=O) groups is 1. The number of likely N-dealkylation sites (tertiary alicyclic amines) is 1. The van der Waals surface area contributed by atoms with Crippen LogP contribution < -0.4 is 0 Å². The number of carboxylic acid groups (broad SMARTS) is 1. The van der Waals surface area contributed by atoms with Gasteiger partial charge in [-0.2, -0.15) is 0 Å². The van der Waals surface area contributed by atoms with Crippen LogP contribution in [-0.4, -0.2) is 40.7 Å². The van der Waals surface area contributed by atoms with Crippen LogP contribution in [0.3, 0.4) is 0 Å². The zero-order valence-corrected chi connectivity index (χ0v) is 8.18. The van der Waals surface area contributed by atoms with Crippen LogP contribution in [0.1, 0.15) is 22.8 Å². The van der Waals surface area contributed by atoms with Crippen molar-refractivity contribution in [1.29, 1.82) is 0 Å². The van der Waals surface area contributed by atoms with Crippen molar-refractivity contribution in [3.05, 3.63) is 24.0 Å². The molecule has 1 saturated heterocycles. The molecular formula is C10H14N2O2. The predicted molar refractivity (Wildman–Crippen MR) is 52.5 cm³/mol. The zero-order valence-electron chi connectivity index (χ0n) is 8.18. The van der Waals surface area contributed by atoms with Crippen LogP contribution in [0.4, 0.5) is 0 Å². The van der Waals surface area contributed by atoms with Crippen LogP contribution in [0.2, 0.25) is 0 Å². The van der Waals surface area contributed by atoms with Crippen molar-refractivity contribution in [2.45, 2.75) is 12.5 Å². The van der Waals surface area contributed by atoms with Gasteiger partial charge in [0, 0.05) is 25.0 Å². The largest absolute Gasteiger partial charge is 0.478 e. The molecule has 1 fully saturated rings. The highest BCUT2D eigenvalue weighted by atomic mass is 16.4. The monoisotopic (exact) mass is 194 g/mol. The molecule has 1 aromatic heterocycles. The maximum Gasteiger partial charge on any atom is 0.337 e. The summed E-state index contributed by atoms with van der Waals surface area (Å²) >= 11 is 0. The highest BCUT2D eigenvalue weighted by Gasteiger charge is 2.21. The van der Waals surface area contributed by atoms with E-state index < -0.39 is 5.97 Å². The van der Waals surface area contributed by atoms with Crippen molar-refractivity contribution < 1.29 is 9.90 Å². The molecule has 4 nitrogen and oxygen atoms in total. The lowest BCUT2D eigenvalue weighted by molar-refractivity contribution is 0.0697. The molecular weight excluding hydrogens is 180 g/mol. The van der Waals surface area contributed by atoms with E-state index in [-0.39, 0.29) is 0 Å². The van der Waals surface area contributed by atoms with Gasteiger partial charge in [0.15, 0.2) is 0 Å². The highest BCUT2D eigenvalue weighted by molar-refractivity contribution is 5.87. The maximum absolute atomic E-state index is 10.7. The molecule has 2 rings (SSSR count). The number of hydrogen-bond donors (Lipinski definition) is 1. The van der Waals surface area contributed by atoms with Crippen molar-refractivity contribution in [3.63, 3.8) is 0 Å². The SMILES string of the molecule is CN1CCC(n2ccc(C(=O)O)c2)C1. The van der Waals surface area contributed by atoms with Crippen LogP contribution in [0, 0.1) is 0 Å². The number of nitrogens with zero attached hydrogens (tertiary/aromatic N) is 2. The summed E-state index contributed by atoms with van der Waals surface area (Å²) in [7, 11) is 2.08. The minimum Gasteiger partial charge on any atom is -0.478 e. The Morgan fingerprint density at radius 2 is 2.43 bits per heavy atom. The first kappa shape index (κ1) is 9.27. The smallest absolute Gasteiger partial charge is 0.337 e. The summed E-state index contributed by atoms with van der Waals surface area (Å²) in [4.78, 5) is 12.9. The van der Waals surface area contributed by atoms with Gasteiger partial charge in [0.2, 0.25) is 0 Å². The summed E-state index contributed by atoms with van der Waals surface area (Å²) in [5.74, 6) is -0.852. The summed E-state index contributed by atoms with van der Waals surface area (Å²) < 4.78 is 2.01. The Morgan fingerprint density at radius 3 is 2.93 bits per heavy atom. The third-order valence-electron chi connectivity index (χ3n) is 2.75. The minimum atomic E-state index is -0.852. The molecule has 1 aromatic rings. The molecule has 0 aromatic carbocycles. The second-order valence-electron chi connectivity index (χ2n) is 3.86. The van der Waals surface area contributed by atoms with Gasteiger partial charge >= 0.3 is 5.97 Å².